The topological polar surface area (TPSA) is 65.4 Å². The van der Waals surface area contributed by atoms with Crippen molar-refractivity contribution in [2.45, 2.75) is 13.1 Å². The van der Waals surface area contributed by atoms with E-state index in [2.05, 4.69) is 25.6 Å². The van der Waals surface area contributed by atoms with Gasteiger partial charge >= 0.3 is 0 Å². The third kappa shape index (κ3) is 4.73. The van der Waals surface area contributed by atoms with Crippen molar-refractivity contribution in [2.75, 3.05) is 26.0 Å². The van der Waals surface area contributed by atoms with Gasteiger partial charge in [-0.2, -0.15) is 0 Å². The lowest BCUT2D eigenvalue weighted by molar-refractivity contribution is 0.781. The molecule has 6 nitrogen and oxygen atoms in total. The Morgan fingerprint density at radius 3 is 2.41 bits per heavy atom. The van der Waals surface area contributed by atoms with E-state index in [1.165, 1.54) is 0 Å². The third-order valence-electron chi connectivity index (χ3n) is 3.07. The smallest absolute Gasteiger partial charge is 0.191 e. The van der Waals surface area contributed by atoms with Crippen molar-refractivity contribution in [1.82, 2.24) is 20.6 Å². The number of pyridine rings is 2. The molecule has 0 saturated carbocycles. The van der Waals surface area contributed by atoms with Crippen LogP contribution in [0.3, 0.4) is 0 Å². The van der Waals surface area contributed by atoms with Gasteiger partial charge in [0, 0.05) is 27.3 Å². The minimum absolute atomic E-state index is 0.615. The molecule has 0 spiro atoms. The lowest BCUT2D eigenvalue weighted by Gasteiger charge is -2.14. The molecule has 0 amide bonds. The first-order valence-electron chi connectivity index (χ1n) is 7.16. The largest absolute Gasteiger partial charge is 0.363 e. The minimum atomic E-state index is 0.615. The number of hydrogen-bond acceptors (Lipinski definition) is 4. The maximum absolute atomic E-state index is 4.57. The molecule has 0 aromatic carbocycles. The first-order valence-corrected chi connectivity index (χ1v) is 7.16. The fourth-order valence-corrected chi connectivity index (χ4v) is 1.89. The molecule has 0 atom stereocenters. The third-order valence-corrected chi connectivity index (χ3v) is 3.07. The van der Waals surface area contributed by atoms with Gasteiger partial charge < -0.3 is 15.5 Å². The maximum atomic E-state index is 4.57. The second kappa shape index (κ2) is 7.97. The Bertz CT molecular complexity index is 609. The number of nitrogens with one attached hydrogen (secondary N) is 2. The van der Waals surface area contributed by atoms with Gasteiger partial charge in [0.05, 0.1) is 24.5 Å². The van der Waals surface area contributed by atoms with Crippen LogP contribution in [0, 0.1) is 0 Å². The van der Waals surface area contributed by atoms with Crippen molar-refractivity contribution in [3.05, 3.63) is 54.0 Å². The molecule has 0 aliphatic heterocycles. The molecule has 22 heavy (non-hydrogen) atoms. The van der Waals surface area contributed by atoms with E-state index in [1.54, 1.807) is 13.2 Å². The number of nitrogens with zero attached hydrogens (tertiary/aromatic N) is 4. The standard InChI is InChI=1S/C16H22N6/c1-17-16(19-11-13-7-4-5-10-18-13)20-12-14-8-6-9-15(21-14)22(2)3/h4-10H,11-12H2,1-3H3,(H2,17,19,20). The Labute approximate surface area is 131 Å². The lowest BCUT2D eigenvalue weighted by Crippen LogP contribution is -2.36. The SMILES string of the molecule is CN=C(NCc1ccccn1)NCc1cccc(N(C)C)n1. The highest BCUT2D eigenvalue weighted by Crippen LogP contribution is 2.07. The number of guanidine groups is 1. The van der Waals surface area contributed by atoms with Crippen molar-refractivity contribution in [3.8, 4) is 0 Å². The average Bonchev–Trinajstić information content (AvgIpc) is 2.56. The van der Waals surface area contributed by atoms with Gasteiger partial charge in [-0.15, -0.1) is 0 Å². The lowest BCUT2D eigenvalue weighted by atomic mass is 10.3. The molecule has 0 unspecified atom stereocenters. The van der Waals surface area contributed by atoms with Crippen LogP contribution in [-0.4, -0.2) is 37.1 Å². The van der Waals surface area contributed by atoms with Gasteiger partial charge in [0.15, 0.2) is 5.96 Å². The van der Waals surface area contributed by atoms with Crippen LogP contribution < -0.4 is 15.5 Å². The van der Waals surface area contributed by atoms with E-state index in [0.29, 0.717) is 13.1 Å². The second-order valence-electron chi connectivity index (χ2n) is 4.98. The van der Waals surface area contributed by atoms with Crippen LogP contribution in [0.15, 0.2) is 47.6 Å². The monoisotopic (exact) mass is 298 g/mol. The quantitative estimate of drug-likeness (QED) is 0.645. The van der Waals surface area contributed by atoms with Gasteiger partial charge in [-0.3, -0.25) is 9.98 Å². The van der Waals surface area contributed by atoms with Gasteiger partial charge in [-0.1, -0.05) is 12.1 Å². The summed E-state index contributed by atoms with van der Waals surface area (Å²) in [5.41, 5.74) is 1.94. The Morgan fingerprint density at radius 1 is 1.05 bits per heavy atom. The predicted octanol–water partition coefficient (Wildman–Crippen LogP) is 1.41. The number of rotatable bonds is 5. The van der Waals surface area contributed by atoms with E-state index >= 15 is 0 Å². The highest BCUT2D eigenvalue weighted by atomic mass is 15.2. The zero-order chi connectivity index (χ0) is 15.8. The van der Waals surface area contributed by atoms with E-state index in [0.717, 1.165) is 23.2 Å². The van der Waals surface area contributed by atoms with Crippen LogP contribution in [0.2, 0.25) is 0 Å². The molecular formula is C16H22N6. The molecule has 6 heteroatoms. The van der Waals surface area contributed by atoms with Gasteiger partial charge in [0.2, 0.25) is 0 Å². The summed E-state index contributed by atoms with van der Waals surface area (Å²) in [6.07, 6.45) is 1.78. The van der Waals surface area contributed by atoms with Gasteiger partial charge in [0.1, 0.15) is 5.82 Å². The average molecular weight is 298 g/mol. The van der Waals surface area contributed by atoms with Gasteiger partial charge in [-0.25, -0.2) is 4.98 Å². The minimum Gasteiger partial charge on any atom is -0.363 e. The number of hydrogen-bond donors (Lipinski definition) is 2. The van der Waals surface area contributed by atoms with Crippen LogP contribution in [-0.2, 0) is 13.1 Å². The normalized spacial score (nSPS) is 11.1. The Hall–Kier alpha value is -2.63. The molecule has 2 N–H and O–H groups in total. The fourth-order valence-electron chi connectivity index (χ4n) is 1.89. The van der Waals surface area contributed by atoms with Crippen LogP contribution in [0.5, 0.6) is 0 Å². The zero-order valence-electron chi connectivity index (χ0n) is 13.2. The maximum Gasteiger partial charge on any atom is 0.191 e. The molecule has 0 aliphatic rings. The molecule has 0 aliphatic carbocycles. The number of aliphatic imine (C=N–C) groups is 1. The van der Waals surface area contributed by atoms with E-state index in [4.69, 9.17) is 0 Å². The van der Waals surface area contributed by atoms with Crippen molar-refractivity contribution in [2.24, 2.45) is 4.99 Å². The summed E-state index contributed by atoms with van der Waals surface area (Å²) in [7, 11) is 5.71. The molecule has 2 rings (SSSR count). The van der Waals surface area contributed by atoms with Gasteiger partial charge in [-0.05, 0) is 24.3 Å². The summed E-state index contributed by atoms with van der Waals surface area (Å²) in [5.74, 6) is 1.67. The zero-order valence-corrected chi connectivity index (χ0v) is 13.2. The van der Waals surface area contributed by atoms with E-state index < -0.39 is 0 Å². The van der Waals surface area contributed by atoms with Gasteiger partial charge in [0.25, 0.3) is 0 Å². The first-order chi connectivity index (χ1) is 10.7. The first kappa shape index (κ1) is 15.8. The van der Waals surface area contributed by atoms with Crippen molar-refractivity contribution in [1.29, 1.82) is 0 Å². The van der Waals surface area contributed by atoms with E-state index in [9.17, 15) is 0 Å². The molecule has 2 heterocycles. The Balaban J connectivity index is 1.87. The molecule has 116 valence electrons. The fraction of sp³-hybridized carbons (Fsp3) is 0.312. The molecular weight excluding hydrogens is 276 g/mol. The van der Waals surface area contributed by atoms with Crippen LogP contribution in [0.25, 0.3) is 0 Å². The number of aromatic nitrogens is 2. The second-order valence-corrected chi connectivity index (χ2v) is 4.98. The van der Waals surface area contributed by atoms with Crippen molar-refractivity contribution >= 4 is 11.8 Å². The highest BCUT2D eigenvalue weighted by molar-refractivity contribution is 5.79. The van der Waals surface area contributed by atoms with E-state index in [-0.39, 0.29) is 0 Å². The summed E-state index contributed by atoms with van der Waals surface area (Å²) in [5, 5.41) is 6.48. The molecule has 0 saturated heterocycles. The summed E-state index contributed by atoms with van der Waals surface area (Å²) in [6, 6.07) is 11.8. The van der Waals surface area contributed by atoms with Crippen LogP contribution in [0.4, 0.5) is 5.82 Å². The molecule has 0 fully saturated rings. The molecule has 2 aromatic rings. The van der Waals surface area contributed by atoms with Crippen molar-refractivity contribution < 1.29 is 0 Å². The predicted molar refractivity (Wildman–Crippen MR) is 89.8 cm³/mol. The summed E-state index contributed by atoms with van der Waals surface area (Å²) < 4.78 is 0. The number of anilines is 1. The highest BCUT2D eigenvalue weighted by Gasteiger charge is 2.02. The Morgan fingerprint density at radius 2 is 1.77 bits per heavy atom. The Kier molecular flexibility index (Phi) is 5.71. The van der Waals surface area contributed by atoms with Crippen LogP contribution >= 0.6 is 0 Å². The molecule has 0 radical (unpaired) electrons. The van der Waals surface area contributed by atoms with E-state index in [1.807, 2.05) is 55.4 Å². The summed E-state index contributed by atoms with van der Waals surface area (Å²) in [4.78, 5) is 15.0. The molecule has 2 aromatic heterocycles. The molecule has 0 bridgehead atoms. The summed E-state index contributed by atoms with van der Waals surface area (Å²) >= 11 is 0. The summed E-state index contributed by atoms with van der Waals surface area (Å²) in [6.45, 7) is 1.25. The van der Waals surface area contributed by atoms with Crippen molar-refractivity contribution in [3.63, 3.8) is 0 Å². The van der Waals surface area contributed by atoms with Crippen LogP contribution in [0.1, 0.15) is 11.4 Å².